The van der Waals surface area contributed by atoms with Crippen molar-refractivity contribution in [3.05, 3.63) is 24.2 Å². The molecule has 19 heavy (non-hydrogen) atoms. The zero-order valence-corrected chi connectivity index (χ0v) is 11.6. The Labute approximate surface area is 112 Å². The van der Waals surface area contributed by atoms with Crippen molar-refractivity contribution in [1.82, 2.24) is 0 Å². The van der Waals surface area contributed by atoms with Gasteiger partial charge in [-0.2, -0.15) is 0 Å². The maximum Gasteiger partial charge on any atom is 0.400 e. The molecule has 4 nitrogen and oxygen atoms in total. The lowest BCUT2D eigenvalue weighted by Crippen LogP contribution is -2.12. The van der Waals surface area contributed by atoms with E-state index in [1.54, 1.807) is 12.1 Å². The summed E-state index contributed by atoms with van der Waals surface area (Å²) in [4.78, 5) is 16.6. The topological polar surface area (TPSA) is 51.8 Å². The van der Waals surface area contributed by atoms with Crippen LogP contribution in [0.4, 0.5) is 0 Å². The number of oxime groups is 1. The van der Waals surface area contributed by atoms with Gasteiger partial charge in [-0.05, 0) is 42.2 Å². The molecular formula is C15H19NO3. The van der Waals surface area contributed by atoms with Gasteiger partial charge in [-0.15, -0.1) is 0 Å². The first-order valence-corrected chi connectivity index (χ1v) is 6.86. The van der Waals surface area contributed by atoms with Crippen LogP contribution in [0.2, 0.25) is 0 Å². The normalized spacial score (nSPS) is 34.6. The molecule has 1 heterocycles. The number of hydrogen-bond donors (Lipinski definition) is 0. The smallest absolute Gasteiger partial charge is 0.400 e. The van der Waals surface area contributed by atoms with Crippen molar-refractivity contribution in [1.29, 1.82) is 0 Å². The minimum absolute atomic E-state index is 0.193. The molecule has 0 radical (unpaired) electrons. The quantitative estimate of drug-likeness (QED) is 0.618. The number of carbonyl (C=O) groups is 1. The van der Waals surface area contributed by atoms with E-state index < -0.39 is 5.97 Å². The van der Waals surface area contributed by atoms with E-state index in [9.17, 15) is 4.79 Å². The molecule has 2 aliphatic carbocycles. The molecule has 3 unspecified atom stereocenters. The van der Waals surface area contributed by atoms with E-state index in [-0.39, 0.29) is 5.76 Å². The highest BCUT2D eigenvalue weighted by atomic mass is 16.7. The van der Waals surface area contributed by atoms with Crippen LogP contribution < -0.4 is 0 Å². The third-order valence-electron chi connectivity index (χ3n) is 4.94. The fourth-order valence-corrected chi connectivity index (χ4v) is 3.48. The lowest BCUT2D eigenvalue weighted by molar-refractivity contribution is 0.0476. The fraction of sp³-hybridized carbons (Fsp3) is 0.600. The first-order valence-electron chi connectivity index (χ1n) is 6.86. The van der Waals surface area contributed by atoms with E-state index in [1.807, 2.05) is 0 Å². The van der Waals surface area contributed by atoms with Crippen molar-refractivity contribution in [3.8, 4) is 0 Å². The van der Waals surface area contributed by atoms with E-state index in [4.69, 9.17) is 9.25 Å². The number of rotatable bonds is 3. The maximum atomic E-state index is 11.7. The Hall–Kier alpha value is -1.58. The molecule has 0 aromatic carbocycles. The third kappa shape index (κ3) is 1.90. The van der Waals surface area contributed by atoms with Crippen LogP contribution >= 0.6 is 0 Å². The largest absolute Gasteiger partial charge is 0.457 e. The molecule has 1 aromatic heterocycles. The number of furan rings is 1. The molecule has 2 fully saturated rings. The predicted molar refractivity (Wildman–Crippen MR) is 70.7 cm³/mol. The van der Waals surface area contributed by atoms with Gasteiger partial charge in [0.15, 0.2) is 0 Å². The van der Waals surface area contributed by atoms with Crippen LogP contribution in [-0.4, -0.2) is 11.7 Å². The van der Waals surface area contributed by atoms with E-state index in [1.165, 1.54) is 12.7 Å². The summed E-state index contributed by atoms with van der Waals surface area (Å²) >= 11 is 0. The molecule has 3 atom stereocenters. The molecule has 3 rings (SSSR count). The van der Waals surface area contributed by atoms with Crippen LogP contribution in [0.15, 0.2) is 28.0 Å². The molecule has 1 aromatic rings. The molecule has 2 aliphatic rings. The van der Waals surface area contributed by atoms with Gasteiger partial charge in [0.25, 0.3) is 0 Å². The average Bonchev–Trinajstić information content (AvgIpc) is 2.76. The number of carbonyl (C=O) groups excluding carboxylic acids is 1. The second-order valence-corrected chi connectivity index (χ2v) is 6.10. The van der Waals surface area contributed by atoms with Gasteiger partial charge >= 0.3 is 5.97 Å². The van der Waals surface area contributed by atoms with Crippen LogP contribution in [0.1, 0.15) is 44.2 Å². The Morgan fingerprint density at radius 3 is 2.95 bits per heavy atom. The van der Waals surface area contributed by atoms with Crippen molar-refractivity contribution in [2.45, 2.75) is 33.6 Å². The number of hydrogen-bond acceptors (Lipinski definition) is 4. The predicted octanol–water partition coefficient (Wildman–Crippen LogP) is 3.49. The van der Waals surface area contributed by atoms with Crippen molar-refractivity contribution in [2.75, 3.05) is 0 Å². The summed E-state index contributed by atoms with van der Waals surface area (Å²) < 4.78 is 4.98. The van der Waals surface area contributed by atoms with Crippen LogP contribution in [0.3, 0.4) is 0 Å². The zero-order valence-electron chi connectivity index (χ0n) is 11.6. The summed E-state index contributed by atoms with van der Waals surface area (Å²) in [6.07, 6.45) is 3.70. The van der Waals surface area contributed by atoms with Crippen molar-refractivity contribution >= 4 is 11.7 Å². The van der Waals surface area contributed by atoms with Crippen LogP contribution in [-0.2, 0) is 4.84 Å². The third-order valence-corrected chi connectivity index (χ3v) is 4.94. The monoisotopic (exact) mass is 261 g/mol. The van der Waals surface area contributed by atoms with Gasteiger partial charge in [0, 0.05) is 5.92 Å². The van der Waals surface area contributed by atoms with Crippen LogP contribution in [0, 0.1) is 23.2 Å². The Bertz CT molecular complexity index is 518. The van der Waals surface area contributed by atoms with Gasteiger partial charge in [0.05, 0.1) is 12.0 Å². The summed E-state index contributed by atoms with van der Waals surface area (Å²) in [5.74, 6) is 1.47. The van der Waals surface area contributed by atoms with Gasteiger partial charge in [-0.25, -0.2) is 4.79 Å². The summed E-state index contributed by atoms with van der Waals surface area (Å²) in [5.41, 5.74) is 1.43. The highest BCUT2D eigenvalue weighted by molar-refractivity contribution is 5.92. The Morgan fingerprint density at radius 2 is 2.37 bits per heavy atom. The van der Waals surface area contributed by atoms with Gasteiger partial charge in [-0.3, -0.25) is 0 Å². The molecule has 0 amide bonds. The van der Waals surface area contributed by atoms with E-state index in [2.05, 4.69) is 25.9 Å². The molecule has 0 aliphatic heterocycles. The lowest BCUT2D eigenvalue weighted by atomic mass is 9.90. The molecule has 4 heteroatoms. The van der Waals surface area contributed by atoms with Crippen LogP contribution in [0.5, 0.6) is 0 Å². The highest BCUT2D eigenvalue weighted by Crippen LogP contribution is 2.68. The maximum absolute atomic E-state index is 11.7. The van der Waals surface area contributed by atoms with Gasteiger partial charge in [-0.1, -0.05) is 25.9 Å². The average molecular weight is 261 g/mol. The SMILES string of the molecule is CC1/C(=N/OC(=O)c2ccco2)CC2(C(C)C)CC12. The molecule has 102 valence electrons. The van der Waals surface area contributed by atoms with Crippen LogP contribution in [0.25, 0.3) is 0 Å². The van der Waals surface area contributed by atoms with Gasteiger partial charge in [0.2, 0.25) is 5.76 Å². The molecule has 0 spiro atoms. The second-order valence-electron chi connectivity index (χ2n) is 6.10. The van der Waals surface area contributed by atoms with Crippen molar-refractivity contribution in [2.24, 2.45) is 28.3 Å². The Balaban J connectivity index is 1.68. The zero-order chi connectivity index (χ0) is 13.6. The summed E-state index contributed by atoms with van der Waals surface area (Å²) in [5, 5.41) is 4.08. The Morgan fingerprint density at radius 1 is 1.58 bits per heavy atom. The second kappa shape index (κ2) is 4.22. The van der Waals surface area contributed by atoms with Crippen molar-refractivity contribution in [3.63, 3.8) is 0 Å². The van der Waals surface area contributed by atoms with E-state index in [0.717, 1.165) is 12.1 Å². The molecule has 2 saturated carbocycles. The molecule has 0 saturated heterocycles. The summed E-state index contributed by atoms with van der Waals surface area (Å²) in [7, 11) is 0. The number of fused-ring (bicyclic) bond motifs is 1. The number of nitrogens with zero attached hydrogens (tertiary/aromatic N) is 1. The summed E-state index contributed by atoms with van der Waals surface area (Å²) in [6, 6.07) is 3.23. The first-order chi connectivity index (χ1) is 9.04. The molecule has 0 N–H and O–H groups in total. The van der Waals surface area contributed by atoms with E-state index in [0.29, 0.717) is 23.2 Å². The standard InChI is InChI=1S/C15H19NO3/c1-9(2)15-7-11(15)10(3)12(8-15)16-19-14(17)13-5-4-6-18-13/h4-6,9-11H,7-8H2,1-3H3/b16-12+. The minimum atomic E-state index is -0.524. The van der Waals surface area contributed by atoms with Crippen molar-refractivity contribution < 1.29 is 14.0 Å². The minimum Gasteiger partial charge on any atom is -0.457 e. The lowest BCUT2D eigenvalue weighted by Gasteiger charge is -2.15. The molecular weight excluding hydrogens is 242 g/mol. The Kier molecular flexibility index (Phi) is 2.77. The van der Waals surface area contributed by atoms with Gasteiger partial charge < -0.3 is 9.25 Å². The summed E-state index contributed by atoms with van der Waals surface area (Å²) in [6.45, 7) is 6.72. The fourth-order valence-electron chi connectivity index (χ4n) is 3.48. The highest BCUT2D eigenvalue weighted by Gasteiger charge is 2.64. The molecule has 0 bridgehead atoms. The first kappa shape index (κ1) is 12.5. The van der Waals surface area contributed by atoms with Gasteiger partial charge in [0.1, 0.15) is 0 Å². The van der Waals surface area contributed by atoms with E-state index >= 15 is 0 Å².